The van der Waals surface area contributed by atoms with E-state index in [1.54, 1.807) is 4.90 Å². The molecule has 1 N–H and O–H groups in total. The Hall–Kier alpha value is -2.57. The van der Waals surface area contributed by atoms with Gasteiger partial charge in [-0.2, -0.15) is 0 Å². The van der Waals surface area contributed by atoms with Gasteiger partial charge in [0.15, 0.2) is 0 Å². The molecule has 2 aliphatic heterocycles. The Kier molecular flexibility index (Phi) is 6.15. The van der Waals surface area contributed by atoms with Crippen LogP contribution in [0.15, 0.2) is 30.3 Å². The van der Waals surface area contributed by atoms with Crippen molar-refractivity contribution in [2.45, 2.75) is 64.1 Å². The largest absolute Gasteiger partial charge is 0.480 e. The highest BCUT2D eigenvalue weighted by Crippen LogP contribution is 2.48. The van der Waals surface area contributed by atoms with Crippen LogP contribution >= 0.6 is 0 Å². The summed E-state index contributed by atoms with van der Waals surface area (Å²) in [7, 11) is 0. The van der Waals surface area contributed by atoms with Crippen LogP contribution in [0.3, 0.4) is 0 Å². The molecule has 2 saturated heterocycles. The van der Waals surface area contributed by atoms with Crippen molar-refractivity contribution in [3.63, 3.8) is 0 Å². The van der Waals surface area contributed by atoms with Crippen LogP contribution in [0, 0.1) is 5.92 Å². The van der Waals surface area contributed by atoms with E-state index in [0.717, 1.165) is 18.4 Å². The zero-order valence-corrected chi connectivity index (χ0v) is 17.3. The van der Waals surface area contributed by atoms with E-state index in [-0.39, 0.29) is 37.1 Å². The number of β-lactam (4-membered cyclic amide) rings is 1. The van der Waals surface area contributed by atoms with Crippen LogP contribution in [0.25, 0.3) is 0 Å². The molecule has 2 aliphatic rings. The normalized spacial score (nSPS) is 26.6. The summed E-state index contributed by atoms with van der Waals surface area (Å²) < 4.78 is 5.41. The van der Waals surface area contributed by atoms with Crippen molar-refractivity contribution in [1.82, 2.24) is 9.80 Å². The Labute approximate surface area is 171 Å². The molecular weight excluding hydrogens is 372 g/mol. The topological polar surface area (TPSA) is 87.2 Å². The Morgan fingerprint density at radius 3 is 2.55 bits per heavy atom. The molecule has 2 fully saturated rings. The van der Waals surface area contributed by atoms with Crippen molar-refractivity contribution in [3.05, 3.63) is 35.9 Å². The molecule has 0 spiro atoms. The zero-order valence-electron chi connectivity index (χ0n) is 17.3. The number of aliphatic carboxylic acids is 1. The average molecular weight is 402 g/mol. The van der Waals surface area contributed by atoms with E-state index in [2.05, 4.69) is 0 Å². The lowest BCUT2D eigenvalue weighted by molar-refractivity contribution is -0.182. The molecule has 1 aromatic carbocycles. The molecule has 3 atom stereocenters. The Morgan fingerprint density at radius 1 is 1.28 bits per heavy atom. The van der Waals surface area contributed by atoms with Gasteiger partial charge in [-0.1, -0.05) is 63.9 Å². The summed E-state index contributed by atoms with van der Waals surface area (Å²) in [6.45, 7) is 5.98. The molecule has 1 aromatic rings. The van der Waals surface area contributed by atoms with Gasteiger partial charge in [-0.25, -0.2) is 4.79 Å². The number of likely N-dealkylation sites (tertiary alicyclic amines) is 1. The number of amides is 2. The summed E-state index contributed by atoms with van der Waals surface area (Å²) in [5.74, 6) is -1.07. The van der Waals surface area contributed by atoms with Crippen LogP contribution in [0.4, 0.5) is 4.79 Å². The number of hydrogen-bond donors (Lipinski definition) is 1. The Balaban J connectivity index is 2.05. The van der Waals surface area contributed by atoms with E-state index in [4.69, 9.17) is 4.74 Å². The van der Waals surface area contributed by atoms with Crippen LogP contribution in [0.1, 0.15) is 58.1 Å². The molecule has 2 amide bonds. The number of nitrogens with zero attached hydrogens (tertiary/aromatic N) is 2. The first-order valence-corrected chi connectivity index (χ1v) is 10.4. The quantitative estimate of drug-likeness (QED) is 0.639. The second-order valence-electron chi connectivity index (χ2n) is 8.37. The Morgan fingerprint density at radius 2 is 1.97 bits per heavy atom. The molecular formula is C22H30N2O5. The van der Waals surface area contributed by atoms with Gasteiger partial charge >= 0.3 is 12.1 Å². The maximum atomic E-state index is 13.4. The maximum Gasteiger partial charge on any atom is 0.411 e. The number of carbonyl (C=O) groups is 3. The number of ether oxygens (including phenoxy) is 1. The highest BCUT2D eigenvalue weighted by atomic mass is 16.6. The lowest BCUT2D eigenvalue weighted by atomic mass is 9.69. The zero-order chi connectivity index (χ0) is 21.2. The van der Waals surface area contributed by atoms with Crippen molar-refractivity contribution in [3.8, 4) is 0 Å². The summed E-state index contributed by atoms with van der Waals surface area (Å²) in [4.78, 5) is 40.7. The number of carboxylic acids is 1. The van der Waals surface area contributed by atoms with Gasteiger partial charge in [0.2, 0.25) is 0 Å². The number of carbonyl (C=O) groups excluding carboxylic acids is 2. The summed E-state index contributed by atoms with van der Waals surface area (Å²) in [6, 6.07) is 8.88. The minimum absolute atomic E-state index is 0.192. The number of carboxylic acid groups (broad SMARTS) is 1. The molecule has 0 saturated carbocycles. The van der Waals surface area contributed by atoms with Gasteiger partial charge in [0, 0.05) is 0 Å². The smallest absolute Gasteiger partial charge is 0.411 e. The molecule has 0 aromatic heterocycles. The van der Waals surface area contributed by atoms with E-state index >= 15 is 0 Å². The van der Waals surface area contributed by atoms with Crippen molar-refractivity contribution >= 4 is 18.0 Å². The van der Waals surface area contributed by atoms with E-state index in [1.807, 2.05) is 51.1 Å². The number of rotatable bonds is 9. The third kappa shape index (κ3) is 3.70. The minimum Gasteiger partial charge on any atom is -0.480 e. The molecule has 0 unspecified atom stereocenters. The molecule has 0 aliphatic carbocycles. The van der Waals surface area contributed by atoms with Crippen LogP contribution in [0.5, 0.6) is 0 Å². The predicted molar refractivity (Wildman–Crippen MR) is 107 cm³/mol. The lowest BCUT2D eigenvalue weighted by Crippen LogP contribution is -2.80. The van der Waals surface area contributed by atoms with Gasteiger partial charge in [0.05, 0.1) is 12.1 Å². The van der Waals surface area contributed by atoms with Crippen LogP contribution in [0.2, 0.25) is 0 Å². The fourth-order valence-corrected chi connectivity index (χ4v) is 4.71. The van der Waals surface area contributed by atoms with Crippen LogP contribution < -0.4 is 0 Å². The van der Waals surface area contributed by atoms with E-state index < -0.39 is 17.6 Å². The second-order valence-corrected chi connectivity index (χ2v) is 8.37. The van der Waals surface area contributed by atoms with Crippen LogP contribution in [-0.4, -0.2) is 57.6 Å². The predicted octanol–water partition coefficient (Wildman–Crippen LogP) is 3.45. The number of cyclic esters (lactones) is 1. The molecule has 0 bridgehead atoms. The second kappa shape index (κ2) is 8.43. The van der Waals surface area contributed by atoms with Crippen LogP contribution in [-0.2, 0) is 14.3 Å². The van der Waals surface area contributed by atoms with Crippen molar-refractivity contribution in [2.75, 3.05) is 13.2 Å². The first-order valence-electron chi connectivity index (χ1n) is 10.4. The number of unbranched alkanes of at least 4 members (excludes halogenated alkanes) is 1. The molecule has 7 heteroatoms. The molecule has 0 radical (unpaired) electrons. The van der Waals surface area contributed by atoms with Gasteiger partial charge in [0.25, 0.3) is 5.91 Å². The van der Waals surface area contributed by atoms with Gasteiger partial charge in [-0.3, -0.25) is 14.5 Å². The molecule has 7 nitrogen and oxygen atoms in total. The third-order valence-corrected chi connectivity index (χ3v) is 5.96. The number of hydrogen-bond acceptors (Lipinski definition) is 4. The third-order valence-electron chi connectivity index (χ3n) is 5.96. The summed E-state index contributed by atoms with van der Waals surface area (Å²) in [5.41, 5.74) is -0.133. The van der Waals surface area contributed by atoms with E-state index in [0.29, 0.717) is 12.8 Å². The van der Waals surface area contributed by atoms with Gasteiger partial charge in [-0.05, 0) is 24.3 Å². The summed E-state index contributed by atoms with van der Waals surface area (Å²) >= 11 is 0. The molecule has 3 rings (SSSR count). The maximum absolute atomic E-state index is 13.4. The van der Waals surface area contributed by atoms with Crippen molar-refractivity contribution in [1.29, 1.82) is 0 Å². The standard InChI is InChI=1S/C22H30N2O5/c1-4-5-11-22(18(12-15(2)3)23(20(22)27)13-19(25)26)24-17(14-29-21(24)28)16-9-7-6-8-10-16/h6-10,15,17-18H,4-5,11-14H2,1-3H3,(H,25,26)/t17-,18-,22+/m1/s1. The molecule has 2 heterocycles. The van der Waals surface area contributed by atoms with E-state index in [9.17, 15) is 19.5 Å². The highest BCUT2D eigenvalue weighted by molar-refractivity contribution is 5.99. The van der Waals surface area contributed by atoms with Crippen molar-refractivity contribution in [2.24, 2.45) is 5.92 Å². The SMILES string of the molecule is CCCC[C@@]1(N2C(=O)OC[C@@H]2c2ccccc2)C(=O)N(CC(=O)O)[C@@H]1CC(C)C. The fourth-order valence-electron chi connectivity index (χ4n) is 4.71. The number of benzene rings is 1. The first kappa shape index (κ1) is 21.1. The molecule has 158 valence electrons. The monoisotopic (exact) mass is 402 g/mol. The summed E-state index contributed by atoms with van der Waals surface area (Å²) in [5, 5.41) is 9.31. The van der Waals surface area contributed by atoms with Gasteiger partial charge in [0.1, 0.15) is 18.7 Å². The first-order chi connectivity index (χ1) is 13.8. The molecule has 29 heavy (non-hydrogen) atoms. The Bertz CT molecular complexity index is 766. The fraction of sp³-hybridized carbons (Fsp3) is 0.591. The minimum atomic E-state index is -1.05. The highest BCUT2D eigenvalue weighted by Gasteiger charge is 2.67. The average Bonchev–Trinajstić information content (AvgIpc) is 3.08. The summed E-state index contributed by atoms with van der Waals surface area (Å²) in [6.07, 6.45) is 2.29. The van der Waals surface area contributed by atoms with Gasteiger partial charge < -0.3 is 14.7 Å². The van der Waals surface area contributed by atoms with Crippen molar-refractivity contribution < 1.29 is 24.2 Å². The van der Waals surface area contributed by atoms with Gasteiger partial charge in [-0.15, -0.1) is 0 Å². The van der Waals surface area contributed by atoms with E-state index in [1.165, 1.54) is 4.90 Å². The lowest BCUT2D eigenvalue weighted by Gasteiger charge is -2.60.